The Morgan fingerprint density at radius 3 is 2.63 bits per heavy atom. The van der Waals surface area contributed by atoms with Crippen molar-refractivity contribution in [1.29, 1.82) is 0 Å². The second kappa shape index (κ2) is 6.51. The van der Waals surface area contributed by atoms with Gasteiger partial charge in [0.1, 0.15) is 0 Å². The lowest BCUT2D eigenvalue weighted by Crippen LogP contribution is -2.49. The third-order valence-electron chi connectivity index (χ3n) is 4.06. The van der Waals surface area contributed by atoms with E-state index < -0.39 is 0 Å². The molecule has 106 valence electrons. The van der Waals surface area contributed by atoms with Crippen molar-refractivity contribution in [3.05, 3.63) is 35.4 Å². The molecule has 0 saturated carbocycles. The number of aliphatic hydroxyl groups is 1. The number of likely N-dealkylation sites (N-methyl/N-ethyl adjacent to an activating group) is 1. The second-order valence-electron chi connectivity index (χ2n) is 5.88. The van der Waals surface area contributed by atoms with Gasteiger partial charge in [-0.05, 0) is 38.4 Å². The molecule has 3 heteroatoms. The lowest BCUT2D eigenvalue weighted by Gasteiger charge is -2.41. The maximum Gasteiger partial charge on any atom is 0.0558 e. The highest BCUT2D eigenvalue weighted by molar-refractivity contribution is 5.30. The zero-order valence-electron chi connectivity index (χ0n) is 12.3. The number of hydrogen-bond acceptors (Lipinski definition) is 3. The Labute approximate surface area is 116 Å². The van der Waals surface area contributed by atoms with E-state index in [2.05, 4.69) is 55.0 Å². The maximum atomic E-state index is 9.04. The summed E-state index contributed by atoms with van der Waals surface area (Å²) in [6.45, 7) is 7.60. The quantitative estimate of drug-likeness (QED) is 0.876. The molecule has 1 aliphatic heterocycles. The summed E-state index contributed by atoms with van der Waals surface area (Å²) in [6.07, 6.45) is 1.12. The average molecular weight is 262 g/mol. The van der Waals surface area contributed by atoms with Gasteiger partial charge >= 0.3 is 0 Å². The first-order chi connectivity index (χ1) is 9.11. The van der Waals surface area contributed by atoms with Crippen molar-refractivity contribution in [3.63, 3.8) is 0 Å². The highest BCUT2D eigenvalue weighted by Gasteiger charge is 2.28. The zero-order valence-corrected chi connectivity index (χ0v) is 12.3. The molecule has 3 nitrogen and oxygen atoms in total. The molecule has 1 N–H and O–H groups in total. The molecule has 0 bridgehead atoms. The summed E-state index contributed by atoms with van der Waals surface area (Å²) in [6, 6.07) is 9.88. The molecule has 0 radical (unpaired) electrons. The van der Waals surface area contributed by atoms with E-state index in [0.29, 0.717) is 12.1 Å². The second-order valence-corrected chi connectivity index (χ2v) is 5.88. The van der Waals surface area contributed by atoms with E-state index >= 15 is 0 Å². The molecule has 2 rings (SSSR count). The lowest BCUT2D eigenvalue weighted by atomic mass is 9.92. The van der Waals surface area contributed by atoms with Crippen molar-refractivity contribution in [3.8, 4) is 0 Å². The Kier molecular flexibility index (Phi) is 4.97. The molecule has 19 heavy (non-hydrogen) atoms. The van der Waals surface area contributed by atoms with Gasteiger partial charge in [0.15, 0.2) is 0 Å². The van der Waals surface area contributed by atoms with Gasteiger partial charge in [0.25, 0.3) is 0 Å². The largest absolute Gasteiger partial charge is 0.395 e. The molecule has 1 aliphatic rings. The van der Waals surface area contributed by atoms with Gasteiger partial charge in [0, 0.05) is 31.7 Å². The number of nitrogens with zero attached hydrogens (tertiary/aromatic N) is 2. The summed E-state index contributed by atoms with van der Waals surface area (Å²) in [4.78, 5) is 4.81. The van der Waals surface area contributed by atoms with Crippen LogP contribution >= 0.6 is 0 Å². The highest BCUT2D eigenvalue weighted by Crippen LogP contribution is 2.25. The average Bonchev–Trinajstić information content (AvgIpc) is 2.38. The maximum absolute atomic E-state index is 9.04. The fourth-order valence-corrected chi connectivity index (χ4v) is 3.00. The van der Waals surface area contributed by atoms with Crippen LogP contribution in [0.1, 0.15) is 25.0 Å². The van der Waals surface area contributed by atoms with Crippen LogP contribution in [0.2, 0.25) is 0 Å². The Balaban J connectivity index is 2.12. The number of rotatable bonds is 5. The van der Waals surface area contributed by atoms with Crippen molar-refractivity contribution in [2.45, 2.75) is 38.9 Å². The van der Waals surface area contributed by atoms with E-state index in [1.54, 1.807) is 0 Å². The first-order valence-corrected chi connectivity index (χ1v) is 7.23. The van der Waals surface area contributed by atoms with E-state index in [1.165, 1.54) is 11.1 Å². The Morgan fingerprint density at radius 1 is 1.32 bits per heavy atom. The smallest absolute Gasteiger partial charge is 0.0558 e. The third kappa shape index (κ3) is 3.56. The minimum absolute atomic E-state index is 0.238. The molecule has 0 saturated heterocycles. The molecular weight excluding hydrogens is 236 g/mol. The van der Waals surface area contributed by atoms with Gasteiger partial charge in [-0.25, -0.2) is 0 Å². The summed E-state index contributed by atoms with van der Waals surface area (Å²) >= 11 is 0. The molecular formula is C16H26N2O. The number of benzene rings is 1. The zero-order chi connectivity index (χ0) is 13.8. The summed E-state index contributed by atoms with van der Waals surface area (Å²) in [5, 5.41) is 9.04. The SMILES string of the molecule is CC(C)N1Cc2ccccc2C[C@H]1CN(C)CCO. The van der Waals surface area contributed by atoms with Crippen LogP contribution in [0.4, 0.5) is 0 Å². The molecule has 1 heterocycles. The van der Waals surface area contributed by atoms with Crippen molar-refractivity contribution in [2.75, 3.05) is 26.7 Å². The van der Waals surface area contributed by atoms with Gasteiger partial charge in [-0.2, -0.15) is 0 Å². The fourth-order valence-electron chi connectivity index (χ4n) is 3.00. The van der Waals surface area contributed by atoms with Crippen LogP contribution in [-0.4, -0.2) is 53.7 Å². The van der Waals surface area contributed by atoms with Gasteiger partial charge in [-0.3, -0.25) is 4.90 Å². The summed E-state index contributed by atoms with van der Waals surface area (Å²) in [5.74, 6) is 0. The Bertz CT molecular complexity index is 405. The molecule has 0 amide bonds. The molecule has 0 spiro atoms. The normalized spacial score (nSPS) is 20.0. The molecule has 0 fully saturated rings. The Hall–Kier alpha value is -0.900. The van der Waals surface area contributed by atoms with E-state index in [1.807, 2.05) is 0 Å². The van der Waals surface area contributed by atoms with Crippen LogP contribution in [0, 0.1) is 0 Å². The fraction of sp³-hybridized carbons (Fsp3) is 0.625. The summed E-state index contributed by atoms with van der Waals surface area (Å²) < 4.78 is 0. The molecule has 1 aromatic carbocycles. The standard InChI is InChI=1S/C16H26N2O/c1-13(2)18-11-15-7-5-4-6-14(15)10-16(18)12-17(3)8-9-19/h4-7,13,16,19H,8-12H2,1-3H3/t16-/m0/s1. The van der Waals surface area contributed by atoms with Crippen LogP contribution < -0.4 is 0 Å². The molecule has 0 aliphatic carbocycles. The van der Waals surface area contributed by atoms with Gasteiger partial charge < -0.3 is 10.0 Å². The number of aliphatic hydroxyl groups excluding tert-OH is 1. The molecule has 1 aromatic rings. The van der Waals surface area contributed by atoms with E-state index in [4.69, 9.17) is 5.11 Å². The molecule has 1 atom stereocenters. The first kappa shape index (κ1) is 14.5. The molecule has 0 unspecified atom stereocenters. The van der Waals surface area contributed by atoms with Gasteiger partial charge in [-0.15, -0.1) is 0 Å². The molecule has 0 aromatic heterocycles. The predicted octanol–water partition coefficient (Wildman–Crippen LogP) is 1.75. The van der Waals surface area contributed by atoms with Crippen LogP contribution in [-0.2, 0) is 13.0 Å². The number of hydrogen-bond donors (Lipinski definition) is 1. The van der Waals surface area contributed by atoms with E-state index in [-0.39, 0.29) is 6.61 Å². The van der Waals surface area contributed by atoms with Gasteiger partial charge in [-0.1, -0.05) is 24.3 Å². The van der Waals surface area contributed by atoms with Crippen molar-refractivity contribution in [2.24, 2.45) is 0 Å². The van der Waals surface area contributed by atoms with Crippen LogP contribution in [0.5, 0.6) is 0 Å². The minimum atomic E-state index is 0.238. The van der Waals surface area contributed by atoms with Crippen molar-refractivity contribution < 1.29 is 5.11 Å². The van der Waals surface area contributed by atoms with Gasteiger partial charge in [0.2, 0.25) is 0 Å². The highest BCUT2D eigenvalue weighted by atomic mass is 16.3. The Morgan fingerprint density at radius 2 is 2.00 bits per heavy atom. The summed E-state index contributed by atoms with van der Waals surface area (Å²) in [7, 11) is 2.09. The summed E-state index contributed by atoms with van der Waals surface area (Å²) in [5.41, 5.74) is 2.96. The monoisotopic (exact) mass is 262 g/mol. The van der Waals surface area contributed by atoms with E-state index in [9.17, 15) is 0 Å². The predicted molar refractivity (Wildman–Crippen MR) is 79.2 cm³/mol. The van der Waals surface area contributed by atoms with Crippen LogP contribution in [0.15, 0.2) is 24.3 Å². The van der Waals surface area contributed by atoms with Crippen molar-refractivity contribution in [1.82, 2.24) is 9.80 Å². The van der Waals surface area contributed by atoms with Gasteiger partial charge in [0.05, 0.1) is 6.61 Å². The first-order valence-electron chi connectivity index (χ1n) is 7.23. The lowest BCUT2D eigenvalue weighted by molar-refractivity contribution is 0.0940. The topological polar surface area (TPSA) is 26.7 Å². The van der Waals surface area contributed by atoms with Crippen LogP contribution in [0.25, 0.3) is 0 Å². The third-order valence-corrected chi connectivity index (χ3v) is 4.06. The van der Waals surface area contributed by atoms with Crippen LogP contribution in [0.3, 0.4) is 0 Å². The van der Waals surface area contributed by atoms with Crippen molar-refractivity contribution >= 4 is 0 Å². The minimum Gasteiger partial charge on any atom is -0.395 e. The number of fused-ring (bicyclic) bond motifs is 1. The van der Waals surface area contributed by atoms with E-state index in [0.717, 1.165) is 26.1 Å².